The molecule has 0 spiro atoms. The highest BCUT2D eigenvalue weighted by atomic mass is 16.8. The van der Waals surface area contributed by atoms with Gasteiger partial charge in [-0.1, -0.05) is 0 Å². The molecular weight excluding hydrogens is 148 g/mol. The predicted octanol–water partition coefficient (Wildman–Crippen LogP) is -0.225. The normalized spacial score (nSPS) is 43.9. The fourth-order valence-corrected chi connectivity index (χ4v) is 1.25. The molecule has 0 aromatic carbocycles. The second-order valence-electron chi connectivity index (χ2n) is 2.74. The Morgan fingerprint density at radius 1 is 1.45 bits per heavy atom. The largest absolute Gasteiger partial charge is 0.376 e. The van der Waals surface area contributed by atoms with Gasteiger partial charge in [0, 0.05) is 7.11 Å². The molecule has 64 valence electrons. The zero-order valence-corrected chi connectivity index (χ0v) is 6.54. The average Bonchev–Trinajstić information content (AvgIpc) is 2.86. The van der Waals surface area contributed by atoms with E-state index in [9.17, 15) is 0 Å². The molecule has 2 fully saturated rings. The molecule has 0 saturated carbocycles. The highest BCUT2D eigenvalue weighted by Crippen LogP contribution is 2.34. The molecule has 0 aromatic rings. The highest BCUT2D eigenvalue weighted by molar-refractivity contribution is 4.91. The SMILES string of the molecule is COC1(C2COCCO2)CO1. The van der Waals surface area contributed by atoms with Crippen LogP contribution in [0.15, 0.2) is 0 Å². The van der Waals surface area contributed by atoms with E-state index < -0.39 is 5.79 Å². The van der Waals surface area contributed by atoms with Gasteiger partial charge in [-0.05, 0) is 0 Å². The number of hydrogen-bond acceptors (Lipinski definition) is 4. The Morgan fingerprint density at radius 3 is 2.73 bits per heavy atom. The van der Waals surface area contributed by atoms with Crippen LogP contribution < -0.4 is 0 Å². The molecule has 2 unspecified atom stereocenters. The molecule has 2 heterocycles. The molecule has 2 aliphatic heterocycles. The molecule has 2 aliphatic rings. The van der Waals surface area contributed by atoms with E-state index in [1.807, 2.05) is 0 Å². The number of epoxide rings is 1. The van der Waals surface area contributed by atoms with Crippen LogP contribution in [0.5, 0.6) is 0 Å². The van der Waals surface area contributed by atoms with Crippen LogP contribution in [0.2, 0.25) is 0 Å². The Labute approximate surface area is 65.4 Å². The van der Waals surface area contributed by atoms with Gasteiger partial charge in [0.1, 0.15) is 12.7 Å². The van der Waals surface area contributed by atoms with Gasteiger partial charge in [-0.15, -0.1) is 0 Å². The molecule has 2 saturated heterocycles. The number of ether oxygens (including phenoxy) is 4. The first kappa shape index (κ1) is 7.49. The number of methoxy groups -OCH3 is 1. The molecule has 0 aromatic heterocycles. The maximum atomic E-state index is 5.42. The summed E-state index contributed by atoms with van der Waals surface area (Å²) in [4.78, 5) is 0. The molecule has 11 heavy (non-hydrogen) atoms. The van der Waals surface area contributed by atoms with Crippen molar-refractivity contribution in [1.29, 1.82) is 0 Å². The summed E-state index contributed by atoms with van der Waals surface area (Å²) >= 11 is 0. The van der Waals surface area contributed by atoms with Crippen molar-refractivity contribution in [1.82, 2.24) is 0 Å². The fourth-order valence-electron chi connectivity index (χ4n) is 1.25. The Kier molecular flexibility index (Phi) is 1.85. The first-order valence-corrected chi connectivity index (χ1v) is 3.76. The topological polar surface area (TPSA) is 40.2 Å². The summed E-state index contributed by atoms with van der Waals surface area (Å²) in [5, 5.41) is 0. The van der Waals surface area contributed by atoms with E-state index in [-0.39, 0.29) is 6.10 Å². The van der Waals surface area contributed by atoms with Gasteiger partial charge in [-0.2, -0.15) is 0 Å². The van der Waals surface area contributed by atoms with E-state index in [1.54, 1.807) is 7.11 Å². The van der Waals surface area contributed by atoms with E-state index in [4.69, 9.17) is 18.9 Å². The molecule has 0 N–H and O–H groups in total. The minimum Gasteiger partial charge on any atom is -0.376 e. The van der Waals surface area contributed by atoms with Crippen LogP contribution in [0, 0.1) is 0 Å². The molecule has 0 amide bonds. The molecule has 0 aliphatic carbocycles. The van der Waals surface area contributed by atoms with E-state index in [0.29, 0.717) is 26.4 Å². The third kappa shape index (κ3) is 1.27. The molecular formula is C7H12O4. The van der Waals surface area contributed by atoms with E-state index in [0.717, 1.165) is 0 Å². The van der Waals surface area contributed by atoms with E-state index >= 15 is 0 Å². The predicted molar refractivity (Wildman–Crippen MR) is 36.3 cm³/mol. The van der Waals surface area contributed by atoms with Crippen molar-refractivity contribution in [3.8, 4) is 0 Å². The molecule has 2 atom stereocenters. The van der Waals surface area contributed by atoms with Crippen molar-refractivity contribution in [3.63, 3.8) is 0 Å². The second kappa shape index (κ2) is 2.71. The van der Waals surface area contributed by atoms with Gasteiger partial charge in [0.05, 0.1) is 19.8 Å². The van der Waals surface area contributed by atoms with Gasteiger partial charge < -0.3 is 18.9 Å². The number of hydrogen-bond donors (Lipinski definition) is 0. The number of rotatable bonds is 2. The van der Waals surface area contributed by atoms with Crippen molar-refractivity contribution in [2.75, 3.05) is 33.5 Å². The van der Waals surface area contributed by atoms with E-state index in [2.05, 4.69) is 0 Å². The highest BCUT2D eigenvalue weighted by Gasteiger charge is 2.54. The van der Waals surface area contributed by atoms with Crippen LogP contribution in [0.3, 0.4) is 0 Å². The zero-order chi connectivity index (χ0) is 7.73. The van der Waals surface area contributed by atoms with Crippen LogP contribution >= 0.6 is 0 Å². The van der Waals surface area contributed by atoms with Crippen molar-refractivity contribution in [2.45, 2.75) is 11.9 Å². The van der Waals surface area contributed by atoms with Gasteiger partial charge >= 0.3 is 0 Å². The monoisotopic (exact) mass is 160 g/mol. The Hall–Kier alpha value is -0.160. The lowest BCUT2D eigenvalue weighted by Gasteiger charge is -2.26. The van der Waals surface area contributed by atoms with Gasteiger partial charge in [0.25, 0.3) is 0 Å². The Morgan fingerprint density at radius 2 is 2.27 bits per heavy atom. The zero-order valence-electron chi connectivity index (χ0n) is 6.54. The fraction of sp³-hybridized carbons (Fsp3) is 1.00. The molecule has 0 bridgehead atoms. The van der Waals surface area contributed by atoms with Gasteiger partial charge in [0.2, 0.25) is 5.79 Å². The lowest BCUT2D eigenvalue weighted by Crippen LogP contribution is -2.42. The molecule has 0 radical (unpaired) electrons. The minimum atomic E-state index is -0.486. The summed E-state index contributed by atoms with van der Waals surface area (Å²) in [6, 6.07) is 0. The van der Waals surface area contributed by atoms with Gasteiger partial charge in [-0.25, -0.2) is 0 Å². The average molecular weight is 160 g/mol. The smallest absolute Gasteiger partial charge is 0.221 e. The quantitative estimate of drug-likeness (QED) is 0.523. The van der Waals surface area contributed by atoms with Crippen LogP contribution in [-0.4, -0.2) is 45.4 Å². The summed E-state index contributed by atoms with van der Waals surface area (Å²) in [6.07, 6.45) is -0.0405. The first-order chi connectivity index (χ1) is 5.37. The lowest BCUT2D eigenvalue weighted by molar-refractivity contribution is -0.181. The maximum Gasteiger partial charge on any atom is 0.221 e. The molecule has 4 heteroatoms. The standard InChI is InChI=1S/C7H12O4/c1-8-7(5-11-7)6-4-9-2-3-10-6/h6H,2-5H2,1H3. The van der Waals surface area contributed by atoms with Crippen LogP contribution in [-0.2, 0) is 18.9 Å². The minimum absolute atomic E-state index is 0.0405. The maximum absolute atomic E-state index is 5.42. The van der Waals surface area contributed by atoms with Crippen molar-refractivity contribution in [2.24, 2.45) is 0 Å². The summed E-state index contributed by atoms with van der Waals surface area (Å²) in [5.41, 5.74) is 0. The van der Waals surface area contributed by atoms with Crippen molar-refractivity contribution in [3.05, 3.63) is 0 Å². The van der Waals surface area contributed by atoms with Crippen LogP contribution in [0.4, 0.5) is 0 Å². The third-order valence-electron chi connectivity index (χ3n) is 2.08. The third-order valence-corrected chi connectivity index (χ3v) is 2.08. The van der Waals surface area contributed by atoms with E-state index in [1.165, 1.54) is 0 Å². The van der Waals surface area contributed by atoms with Crippen LogP contribution in [0.25, 0.3) is 0 Å². The summed E-state index contributed by atoms with van der Waals surface area (Å²) in [6.45, 7) is 2.51. The van der Waals surface area contributed by atoms with Crippen molar-refractivity contribution >= 4 is 0 Å². The van der Waals surface area contributed by atoms with Gasteiger partial charge in [0.15, 0.2) is 0 Å². The van der Waals surface area contributed by atoms with Crippen molar-refractivity contribution < 1.29 is 18.9 Å². The lowest BCUT2D eigenvalue weighted by atomic mass is 10.2. The van der Waals surface area contributed by atoms with Gasteiger partial charge in [-0.3, -0.25) is 0 Å². The summed E-state index contributed by atoms with van der Waals surface area (Å²) < 4.78 is 21.0. The summed E-state index contributed by atoms with van der Waals surface area (Å²) in [7, 11) is 1.63. The molecule has 2 rings (SSSR count). The van der Waals surface area contributed by atoms with Crippen LogP contribution in [0.1, 0.15) is 0 Å². The first-order valence-electron chi connectivity index (χ1n) is 3.76. The Balaban J connectivity index is 1.92. The second-order valence-corrected chi connectivity index (χ2v) is 2.74. The molecule has 4 nitrogen and oxygen atoms in total. The summed E-state index contributed by atoms with van der Waals surface area (Å²) in [5.74, 6) is -0.486. The Bertz CT molecular complexity index is 137.